The van der Waals surface area contributed by atoms with Gasteiger partial charge in [0.2, 0.25) is 0 Å². The molecule has 0 aliphatic rings. The van der Waals surface area contributed by atoms with Crippen molar-refractivity contribution in [2.24, 2.45) is 5.73 Å². The van der Waals surface area contributed by atoms with Gasteiger partial charge in [-0.05, 0) is 36.4 Å². The van der Waals surface area contributed by atoms with Crippen molar-refractivity contribution < 1.29 is 4.39 Å². The molecule has 5 heteroatoms. The van der Waals surface area contributed by atoms with Gasteiger partial charge in [0.1, 0.15) is 5.82 Å². The number of pyridine rings is 1. The molecule has 2 aromatic rings. The van der Waals surface area contributed by atoms with Crippen molar-refractivity contribution in [1.82, 2.24) is 9.88 Å². The SMILES string of the molecule is CN(Cc1cccnc1)C(CN)c1ccc(Cl)c(F)c1. The van der Waals surface area contributed by atoms with Crippen molar-refractivity contribution in [3.05, 3.63) is 64.7 Å². The van der Waals surface area contributed by atoms with E-state index < -0.39 is 5.82 Å². The lowest BCUT2D eigenvalue weighted by Crippen LogP contribution is -2.30. The molecule has 0 bridgehead atoms. The minimum Gasteiger partial charge on any atom is -0.329 e. The number of nitrogens with zero attached hydrogens (tertiary/aromatic N) is 2. The van der Waals surface area contributed by atoms with E-state index in [1.165, 1.54) is 6.07 Å². The van der Waals surface area contributed by atoms with Gasteiger partial charge in [-0.25, -0.2) is 4.39 Å². The van der Waals surface area contributed by atoms with Gasteiger partial charge >= 0.3 is 0 Å². The first-order valence-corrected chi connectivity index (χ1v) is 6.73. The van der Waals surface area contributed by atoms with E-state index >= 15 is 0 Å². The zero-order valence-corrected chi connectivity index (χ0v) is 12.0. The van der Waals surface area contributed by atoms with E-state index in [4.69, 9.17) is 17.3 Å². The topological polar surface area (TPSA) is 42.2 Å². The Morgan fingerprint density at radius 2 is 2.20 bits per heavy atom. The maximum absolute atomic E-state index is 13.6. The maximum atomic E-state index is 13.6. The molecule has 0 fully saturated rings. The van der Waals surface area contributed by atoms with Gasteiger partial charge in [0, 0.05) is 31.5 Å². The van der Waals surface area contributed by atoms with Crippen molar-refractivity contribution in [2.45, 2.75) is 12.6 Å². The van der Waals surface area contributed by atoms with Crippen LogP contribution in [0.1, 0.15) is 17.2 Å². The first-order valence-electron chi connectivity index (χ1n) is 6.36. The summed E-state index contributed by atoms with van der Waals surface area (Å²) in [4.78, 5) is 6.16. The summed E-state index contributed by atoms with van der Waals surface area (Å²) in [5.41, 5.74) is 7.74. The van der Waals surface area contributed by atoms with Gasteiger partial charge in [-0.2, -0.15) is 0 Å². The minimum atomic E-state index is -0.419. The van der Waals surface area contributed by atoms with E-state index in [1.807, 2.05) is 31.4 Å². The molecule has 1 aromatic heterocycles. The van der Waals surface area contributed by atoms with E-state index in [0.29, 0.717) is 13.1 Å². The first kappa shape index (κ1) is 14.9. The van der Waals surface area contributed by atoms with Gasteiger partial charge in [0.25, 0.3) is 0 Å². The Bertz CT molecular complexity index is 562. The van der Waals surface area contributed by atoms with Crippen LogP contribution in [0.3, 0.4) is 0 Å². The van der Waals surface area contributed by atoms with Crippen molar-refractivity contribution in [2.75, 3.05) is 13.6 Å². The molecule has 3 nitrogen and oxygen atoms in total. The quantitative estimate of drug-likeness (QED) is 0.921. The number of hydrogen-bond acceptors (Lipinski definition) is 3. The smallest absolute Gasteiger partial charge is 0.142 e. The molecular weight excluding hydrogens is 277 g/mol. The zero-order chi connectivity index (χ0) is 14.5. The minimum absolute atomic E-state index is 0.0676. The van der Waals surface area contributed by atoms with Crippen LogP contribution in [0.25, 0.3) is 0 Å². The lowest BCUT2D eigenvalue weighted by Gasteiger charge is -2.27. The monoisotopic (exact) mass is 293 g/mol. The third kappa shape index (κ3) is 3.54. The average Bonchev–Trinajstić information content (AvgIpc) is 2.44. The van der Waals surface area contributed by atoms with Crippen LogP contribution in [0, 0.1) is 5.82 Å². The highest BCUT2D eigenvalue weighted by molar-refractivity contribution is 6.30. The molecule has 0 aliphatic carbocycles. The summed E-state index contributed by atoms with van der Waals surface area (Å²) < 4.78 is 13.6. The van der Waals surface area contributed by atoms with Crippen LogP contribution in [0.2, 0.25) is 5.02 Å². The van der Waals surface area contributed by atoms with Crippen LogP contribution in [-0.2, 0) is 6.54 Å². The second-order valence-corrected chi connectivity index (χ2v) is 5.11. The van der Waals surface area contributed by atoms with Crippen LogP contribution in [-0.4, -0.2) is 23.5 Å². The van der Waals surface area contributed by atoms with E-state index in [9.17, 15) is 4.39 Å². The zero-order valence-electron chi connectivity index (χ0n) is 11.3. The molecule has 106 valence electrons. The Kier molecular flexibility index (Phi) is 5.06. The number of likely N-dealkylation sites (N-methyl/N-ethyl adjacent to an activating group) is 1. The number of hydrogen-bond donors (Lipinski definition) is 1. The molecule has 2 N–H and O–H groups in total. The molecule has 1 atom stereocenters. The Balaban J connectivity index is 2.16. The molecule has 0 aliphatic heterocycles. The fraction of sp³-hybridized carbons (Fsp3) is 0.267. The van der Waals surface area contributed by atoms with Crippen molar-refractivity contribution >= 4 is 11.6 Å². The molecule has 1 unspecified atom stereocenters. The summed E-state index contributed by atoms with van der Waals surface area (Å²) in [6.45, 7) is 1.10. The fourth-order valence-corrected chi connectivity index (χ4v) is 2.30. The highest BCUT2D eigenvalue weighted by atomic mass is 35.5. The third-order valence-electron chi connectivity index (χ3n) is 3.24. The largest absolute Gasteiger partial charge is 0.329 e. The van der Waals surface area contributed by atoms with Gasteiger partial charge in [0.05, 0.1) is 5.02 Å². The van der Waals surface area contributed by atoms with Gasteiger partial charge in [0.15, 0.2) is 0 Å². The predicted octanol–water partition coefficient (Wildman–Crippen LogP) is 3.01. The van der Waals surface area contributed by atoms with Crippen LogP contribution in [0.5, 0.6) is 0 Å². The predicted molar refractivity (Wildman–Crippen MR) is 78.9 cm³/mol. The molecule has 0 saturated heterocycles. The summed E-state index contributed by atoms with van der Waals surface area (Å²) in [6.07, 6.45) is 3.55. The number of rotatable bonds is 5. The molecular formula is C15H17ClFN3. The van der Waals surface area contributed by atoms with Gasteiger partial charge in [-0.1, -0.05) is 23.7 Å². The fourth-order valence-electron chi connectivity index (χ4n) is 2.18. The van der Waals surface area contributed by atoms with Gasteiger partial charge in [-0.3, -0.25) is 9.88 Å². The number of aromatic nitrogens is 1. The molecule has 1 heterocycles. The number of benzene rings is 1. The van der Waals surface area contributed by atoms with Gasteiger partial charge in [-0.15, -0.1) is 0 Å². The van der Waals surface area contributed by atoms with E-state index in [0.717, 1.165) is 11.1 Å². The van der Waals surface area contributed by atoms with Crippen LogP contribution in [0.15, 0.2) is 42.7 Å². The molecule has 2 rings (SSSR count). The average molecular weight is 294 g/mol. The summed E-state index contributed by atoms with van der Waals surface area (Å²) >= 11 is 5.71. The third-order valence-corrected chi connectivity index (χ3v) is 3.55. The Morgan fingerprint density at radius 1 is 1.40 bits per heavy atom. The summed E-state index contributed by atoms with van der Waals surface area (Å²) in [5.74, 6) is -0.419. The molecule has 0 saturated carbocycles. The van der Waals surface area contributed by atoms with Crippen LogP contribution in [0.4, 0.5) is 4.39 Å². The molecule has 1 aromatic carbocycles. The number of halogens is 2. The normalized spacial score (nSPS) is 12.7. The Labute approximate surface area is 123 Å². The van der Waals surface area contributed by atoms with Crippen LogP contribution < -0.4 is 5.73 Å². The first-order chi connectivity index (χ1) is 9.61. The molecule has 0 amide bonds. The second-order valence-electron chi connectivity index (χ2n) is 4.70. The molecule has 20 heavy (non-hydrogen) atoms. The highest BCUT2D eigenvalue weighted by Gasteiger charge is 2.17. The molecule has 0 spiro atoms. The van der Waals surface area contributed by atoms with Crippen molar-refractivity contribution in [3.8, 4) is 0 Å². The van der Waals surface area contributed by atoms with E-state index in [1.54, 1.807) is 12.3 Å². The number of nitrogens with two attached hydrogens (primary N) is 1. The standard InChI is InChI=1S/C15H17ClFN3/c1-20(10-11-3-2-6-19-9-11)15(8-18)12-4-5-13(16)14(17)7-12/h2-7,9,15H,8,10,18H2,1H3. The summed E-state index contributed by atoms with van der Waals surface area (Å²) in [5, 5.41) is 0.124. The summed E-state index contributed by atoms with van der Waals surface area (Å²) in [6, 6.07) is 8.64. The van der Waals surface area contributed by atoms with Crippen LogP contribution >= 0.6 is 11.6 Å². The second kappa shape index (κ2) is 6.79. The highest BCUT2D eigenvalue weighted by Crippen LogP contribution is 2.24. The van der Waals surface area contributed by atoms with Gasteiger partial charge < -0.3 is 5.73 Å². The maximum Gasteiger partial charge on any atom is 0.142 e. The van der Waals surface area contributed by atoms with Crippen molar-refractivity contribution in [3.63, 3.8) is 0 Å². The summed E-state index contributed by atoms with van der Waals surface area (Å²) in [7, 11) is 1.96. The lowest BCUT2D eigenvalue weighted by molar-refractivity contribution is 0.241. The van der Waals surface area contributed by atoms with E-state index in [2.05, 4.69) is 9.88 Å². The lowest BCUT2D eigenvalue weighted by atomic mass is 10.0. The Morgan fingerprint density at radius 3 is 2.80 bits per heavy atom. The molecule has 0 radical (unpaired) electrons. The van der Waals surface area contributed by atoms with Crippen molar-refractivity contribution in [1.29, 1.82) is 0 Å². The van der Waals surface area contributed by atoms with E-state index in [-0.39, 0.29) is 11.1 Å². The Hall–Kier alpha value is -1.49.